The molecule has 1 aromatic heterocycles. The molecule has 0 radical (unpaired) electrons. The van der Waals surface area contributed by atoms with Crippen LogP contribution in [-0.2, 0) is 9.53 Å². The van der Waals surface area contributed by atoms with Crippen molar-refractivity contribution in [2.75, 3.05) is 19.8 Å². The fourth-order valence-corrected chi connectivity index (χ4v) is 3.38. The zero-order valence-corrected chi connectivity index (χ0v) is 13.6. The average Bonchev–Trinajstić information content (AvgIpc) is 3.28. The number of carboxylic acid groups (broad SMARTS) is 1. The van der Waals surface area contributed by atoms with Crippen molar-refractivity contribution in [3.8, 4) is 0 Å². The maximum Gasteiger partial charge on any atom is 0.311 e. The summed E-state index contributed by atoms with van der Waals surface area (Å²) in [6, 6.07) is 0. The summed E-state index contributed by atoms with van der Waals surface area (Å²) in [6.07, 6.45) is 3.00. The van der Waals surface area contributed by atoms with Crippen LogP contribution in [0.3, 0.4) is 0 Å². The van der Waals surface area contributed by atoms with Gasteiger partial charge >= 0.3 is 5.97 Å². The number of carbonyl (C=O) groups is 2. The number of hydrogen-bond donors (Lipinski definition) is 3. The lowest BCUT2D eigenvalue weighted by Crippen LogP contribution is -2.46. The molecule has 2 heterocycles. The Balaban J connectivity index is 1.67. The fourth-order valence-electron chi connectivity index (χ4n) is 2.70. The molecule has 0 atom stereocenters. The maximum atomic E-state index is 12.3. The van der Waals surface area contributed by atoms with Crippen molar-refractivity contribution in [3.05, 3.63) is 15.9 Å². The molecular weight excluding hydrogens is 354 g/mol. The Morgan fingerprint density at radius 3 is 2.68 bits per heavy atom. The molecule has 1 aromatic rings. The van der Waals surface area contributed by atoms with Crippen molar-refractivity contribution in [3.63, 3.8) is 0 Å². The smallest absolute Gasteiger partial charge is 0.311 e. The Bertz CT molecular complexity index is 591. The second kappa shape index (κ2) is 6.00. The fraction of sp³-hybridized carbons (Fsp3) is 0.643. The number of aromatic nitrogens is 2. The summed E-state index contributed by atoms with van der Waals surface area (Å²) in [7, 11) is 0. The van der Waals surface area contributed by atoms with Gasteiger partial charge in [0.2, 0.25) is 0 Å². The highest BCUT2D eigenvalue weighted by atomic mass is 79.9. The number of carboxylic acids is 1. The Labute approximate surface area is 135 Å². The third kappa shape index (κ3) is 2.89. The van der Waals surface area contributed by atoms with Crippen LogP contribution in [0.4, 0.5) is 0 Å². The zero-order valence-electron chi connectivity index (χ0n) is 12.0. The molecule has 2 aliphatic rings. The molecule has 3 N–H and O–H groups in total. The molecule has 0 spiro atoms. The first kappa shape index (κ1) is 15.5. The molecule has 0 unspecified atom stereocenters. The number of aliphatic carboxylic acids is 1. The van der Waals surface area contributed by atoms with Crippen LogP contribution in [0.2, 0.25) is 0 Å². The number of rotatable bonds is 5. The number of ether oxygens (including phenoxy) is 1. The summed E-state index contributed by atoms with van der Waals surface area (Å²) in [4.78, 5) is 23.8. The molecule has 2 fully saturated rings. The molecule has 1 saturated heterocycles. The maximum absolute atomic E-state index is 12.3. The van der Waals surface area contributed by atoms with Gasteiger partial charge in [0.05, 0.1) is 15.6 Å². The van der Waals surface area contributed by atoms with Gasteiger partial charge in [0.1, 0.15) is 0 Å². The number of nitrogens with one attached hydrogen (secondary N) is 2. The van der Waals surface area contributed by atoms with Crippen LogP contribution < -0.4 is 5.32 Å². The van der Waals surface area contributed by atoms with E-state index in [0.717, 1.165) is 18.5 Å². The molecule has 1 amide bonds. The average molecular weight is 372 g/mol. The number of carbonyl (C=O) groups excluding carboxylic acids is 1. The van der Waals surface area contributed by atoms with Gasteiger partial charge in [-0.2, -0.15) is 5.10 Å². The van der Waals surface area contributed by atoms with Gasteiger partial charge in [0.25, 0.3) is 5.91 Å². The molecule has 0 aromatic carbocycles. The molecular formula is C14H18BrN3O4. The van der Waals surface area contributed by atoms with Crippen molar-refractivity contribution in [1.82, 2.24) is 15.5 Å². The van der Waals surface area contributed by atoms with Gasteiger partial charge in [0.15, 0.2) is 5.69 Å². The highest BCUT2D eigenvalue weighted by molar-refractivity contribution is 9.10. The molecule has 1 aliphatic heterocycles. The van der Waals surface area contributed by atoms with Gasteiger partial charge in [-0.15, -0.1) is 0 Å². The molecule has 8 heteroatoms. The second-order valence-corrected chi connectivity index (χ2v) is 6.75. The van der Waals surface area contributed by atoms with Crippen molar-refractivity contribution in [1.29, 1.82) is 0 Å². The summed E-state index contributed by atoms with van der Waals surface area (Å²) in [5.74, 6) is -0.803. The molecule has 3 rings (SSSR count). The number of hydrogen-bond acceptors (Lipinski definition) is 4. The van der Waals surface area contributed by atoms with Gasteiger partial charge in [-0.1, -0.05) is 0 Å². The largest absolute Gasteiger partial charge is 0.481 e. The highest BCUT2D eigenvalue weighted by Crippen LogP contribution is 2.42. The van der Waals surface area contributed by atoms with Crippen molar-refractivity contribution < 1.29 is 19.4 Å². The van der Waals surface area contributed by atoms with Crippen LogP contribution in [0.1, 0.15) is 47.8 Å². The first-order valence-electron chi connectivity index (χ1n) is 7.36. The van der Waals surface area contributed by atoms with E-state index in [-0.39, 0.29) is 18.1 Å². The quantitative estimate of drug-likeness (QED) is 0.729. The van der Waals surface area contributed by atoms with E-state index in [1.165, 1.54) is 0 Å². The van der Waals surface area contributed by atoms with Gasteiger partial charge in [-0.05, 0) is 41.6 Å². The first-order chi connectivity index (χ1) is 10.5. The van der Waals surface area contributed by atoms with Crippen LogP contribution in [0.15, 0.2) is 4.47 Å². The van der Waals surface area contributed by atoms with E-state index in [0.29, 0.717) is 36.4 Å². The summed E-state index contributed by atoms with van der Waals surface area (Å²) in [5.41, 5.74) is 0.286. The number of H-pyrrole nitrogens is 1. The highest BCUT2D eigenvalue weighted by Gasteiger charge is 2.41. The van der Waals surface area contributed by atoms with Gasteiger partial charge in [0, 0.05) is 25.7 Å². The molecule has 1 saturated carbocycles. The van der Waals surface area contributed by atoms with E-state index in [1.807, 2.05) is 0 Å². The molecule has 0 bridgehead atoms. The van der Waals surface area contributed by atoms with E-state index in [4.69, 9.17) is 4.74 Å². The SMILES string of the molecule is O=C(NCC1(C(=O)O)CCOCC1)c1n[nH]c(C2CC2)c1Br. The zero-order chi connectivity index (χ0) is 15.7. The standard InChI is InChI=1S/C14H18BrN3O4/c15-9-10(8-1-2-8)17-18-11(9)12(19)16-7-14(13(20)21)3-5-22-6-4-14/h8H,1-7H2,(H,16,19)(H,17,18)(H,20,21). The Morgan fingerprint density at radius 1 is 1.41 bits per heavy atom. The van der Waals surface area contributed by atoms with Crippen LogP contribution in [0.25, 0.3) is 0 Å². The predicted octanol–water partition coefficient (Wildman–Crippen LogP) is 1.66. The van der Waals surface area contributed by atoms with Crippen LogP contribution in [0, 0.1) is 5.41 Å². The van der Waals surface area contributed by atoms with E-state index in [2.05, 4.69) is 31.4 Å². The minimum atomic E-state index is -0.948. The van der Waals surface area contributed by atoms with E-state index in [9.17, 15) is 14.7 Å². The van der Waals surface area contributed by atoms with Crippen molar-refractivity contribution in [2.45, 2.75) is 31.6 Å². The lowest BCUT2D eigenvalue weighted by Gasteiger charge is -2.33. The Morgan fingerprint density at radius 2 is 2.09 bits per heavy atom. The van der Waals surface area contributed by atoms with E-state index in [1.54, 1.807) is 0 Å². The van der Waals surface area contributed by atoms with Crippen LogP contribution in [-0.4, -0.2) is 46.9 Å². The molecule has 22 heavy (non-hydrogen) atoms. The first-order valence-corrected chi connectivity index (χ1v) is 8.16. The van der Waals surface area contributed by atoms with Crippen LogP contribution >= 0.6 is 15.9 Å². The summed E-state index contributed by atoms with van der Waals surface area (Å²) in [6.45, 7) is 0.892. The molecule has 7 nitrogen and oxygen atoms in total. The van der Waals surface area contributed by atoms with E-state index < -0.39 is 11.4 Å². The molecule has 120 valence electrons. The van der Waals surface area contributed by atoms with Gasteiger partial charge in [-0.3, -0.25) is 14.7 Å². The van der Waals surface area contributed by atoms with Crippen molar-refractivity contribution >= 4 is 27.8 Å². The summed E-state index contributed by atoms with van der Waals surface area (Å²) >= 11 is 3.41. The number of amides is 1. The van der Waals surface area contributed by atoms with Crippen molar-refractivity contribution in [2.24, 2.45) is 5.41 Å². The molecule has 1 aliphatic carbocycles. The van der Waals surface area contributed by atoms with Crippen LogP contribution in [0.5, 0.6) is 0 Å². The number of nitrogens with zero attached hydrogens (tertiary/aromatic N) is 1. The normalized spacial score (nSPS) is 20.6. The minimum Gasteiger partial charge on any atom is -0.481 e. The topological polar surface area (TPSA) is 104 Å². The number of halogens is 1. The minimum absolute atomic E-state index is 0.0859. The third-order valence-electron chi connectivity index (χ3n) is 4.42. The lowest BCUT2D eigenvalue weighted by molar-refractivity contribution is -0.154. The summed E-state index contributed by atoms with van der Waals surface area (Å²) < 4.78 is 5.91. The predicted molar refractivity (Wildman–Crippen MR) is 80.7 cm³/mol. The monoisotopic (exact) mass is 371 g/mol. The van der Waals surface area contributed by atoms with E-state index >= 15 is 0 Å². The van der Waals surface area contributed by atoms with Gasteiger partial charge in [-0.25, -0.2) is 0 Å². The number of aromatic amines is 1. The van der Waals surface area contributed by atoms with Gasteiger partial charge < -0.3 is 15.2 Å². The lowest BCUT2D eigenvalue weighted by atomic mass is 9.80. The Kier molecular flexibility index (Phi) is 4.22. The second-order valence-electron chi connectivity index (χ2n) is 5.95. The summed E-state index contributed by atoms with van der Waals surface area (Å²) in [5, 5.41) is 19.1. The third-order valence-corrected chi connectivity index (χ3v) is 5.23. The Hall–Kier alpha value is -1.41.